The number of halogens is 2. The molecule has 2 N–H and O–H groups in total. The summed E-state index contributed by atoms with van der Waals surface area (Å²) in [7, 11) is -3.33. The van der Waals surface area contributed by atoms with E-state index in [0.717, 1.165) is 24.5 Å². The smallest absolute Gasteiger partial charge is 0.209 e. The van der Waals surface area contributed by atoms with Crippen molar-refractivity contribution in [2.24, 2.45) is 0 Å². The fourth-order valence-electron chi connectivity index (χ4n) is 1.90. The second-order valence-corrected chi connectivity index (χ2v) is 7.27. The average Bonchev–Trinajstić information content (AvgIpc) is 2.26. The van der Waals surface area contributed by atoms with Gasteiger partial charge >= 0.3 is 0 Å². The first kappa shape index (κ1) is 17.0. The van der Waals surface area contributed by atoms with Gasteiger partial charge in [0, 0.05) is 23.7 Å². The van der Waals surface area contributed by atoms with Crippen LogP contribution in [0.2, 0.25) is 0 Å². The maximum absolute atomic E-state index is 13.6. The Hall–Kier alpha value is -1.05. The molecule has 0 bridgehead atoms. The first-order valence-electron chi connectivity index (χ1n) is 6.17. The summed E-state index contributed by atoms with van der Waals surface area (Å²) < 4.78 is 51.6. The summed E-state index contributed by atoms with van der Waals surface area (Å²) in [5.41, 5.74) is -0.522. The van der Waals surface area contributed by atoms with E-state index >= 15 is 0 Å². The summed E-state index contributed by atoms with van der Waals surface area (Å²) in [6.07, 6.45) is 1.07. The fraction of sp³-hybridized carbons (Fsp3) is 0.538. The van der Waals surface area contributed by atoms with Crippen molar-refractivity contribution in [3.05, 3.63) is 35.4 Å². The summed E-state index contributed by atoms with van der Waals surface area (Å²) in [4.78, 5) is 0. The molecule has 1 aromatic rings. The summed E-state index contributed by atoms with van der Waals surface area (Å²) >= 11 is 0. The standard InChI is InChI=1S/C13H20F2N2O2S/c1-9(11-7-10(14)5-6-12(11)15)16-8-13(2,3)17-20(4,18)19/h5-7,9,16-17H,8H2,1-4H3. The minimum absolute atomic E-state index is 0.208. The Morgan fingerprint density at radius 1 is 1.30 bits per heavy atom. The van der Waals surface area contributed by atoms with E-state index in [-0.39, 0.29) is 12.1 Å². The van der Waals surface area contributed by atoms with Crippen LogP contribution in [0.3, 0.4) is 0 Å². The molecule has 1 atom stereocenters. The van der Waals surface area contributed by atoms with Crippen LogP contribution in [0.1, 0.15) is 32.4 Å². The number of nitrogens with one attached hydrogen (secondary N) is 2. The normalized spacial score (nSPS) is 14.3. The van der Waals surface area contributed by atoms with Gasteiger partial charge in [-0.3, -0.25) is 0 Å². The Morgan fingerprint density at radius 2 is 1.90 bits per heavy atom. The molecule has 1 aromatic carbocycles. The molecular weight excluding hydrogens is 286 g/mol. The molecule has 0 fully saturated rings. The summed E-state index contributed by atoms with van der Waals surface area (Å²) in [5, 5.41) is 3.00. The van der Waals surface area contributed by atoms with Crippen molar-refractivity contribution >= 4 is 10.0 Å². The maximum atomic E-state index is 13.6. The predicted octanol–water partition coefficient (Wildman–Crippen LogP) is 1.94. The van der Waals surface area contributed by atoms with Crippen LogP contribution >= 0.6 is 0 Å². The zero-order valence-electron chi connectivity index (χ0n) is 12.0. The van der Waals surface area contributed by atoms with Gasteiger partial charge in [0.2, 0.25) is 10.0 Å². The molecule has 0 saturated carbocycles. The Balaban J connectivity index is 2.72. The third-order valence-corrected chi connectivity index (χ3v) is 3.66. The minimum Gasteiger partial charge on any atom is -0.308 e. The van der Waals surface area contributed by atoms with Crippen LogP contribution in [0.5, 0.6) is 0 Å². The van der Waals surface area contributed by atoms with Crippen LogP contribution in [0.25, 0.3) is 0 Å². The Kier molecular flexibility index (Phi) is 5.23. The molecule has 0 amide bonds. The van der Waals surface area contributed by atoms with Crippen molar-refractivity contribution in [2.45, 2.75) is 32.4 Å². The molecule has 7 heteroatoms. The Morgan fingerprint density at radius 3 is 2.45 bits per heavy atom. The van der Waals surface area contributed by atoms with Crippen LogP contribution in [-0.2, 0) is 10.0 Å². The molecule has 4 nitrogen and oxygen atoms in total. The molecule has 0 saturated heterocycles. The van der Waals surface area contributed by atoms with Gasteiger partial charge in [0.1, 0.15) is 11.6 Å². The van der Waals surface area contributed by atoms with Gasteiger partial charge in [-0.1, -0.05) is 0 Å². The third-order valence-electron chi connectivity index (χ3n) is 2.74. The molecular formula is C13H20F2N2O2S. The van der Waals surface area contributed by atoms with E-state index in [1.807, 2.05) is 0 Å². The van der Waals surface area contributed by atoms with E-state index in [2.05, 4.69) is 10.0 Å². The van der Waals surface area contributed by atoms with Crippen molar-refractivity contribution in [1.82, 2.24) is 10.0 Å². The van der Waals surface area contributed by atoms with E-state index in [1.54, 1.807) is 20.8 Å². The van der Waals surface area contributed by atoms with Gasteiger partial charge in [0.25, 0.3) is 0 Å². The Bertz CT molecular complexity index is 574. The van der Waals surface area contributed by atoms with Gasteiger partial charge in [-0.25, -0.2) is 21.9 Å². The zero-order chi connectivity index (χ0) is 15.6. The van der Waals surface area contributed by atoms with E-state index in [4.69, 9.17) is 0 Å². The quantitative estimate of drug-likeness (QED) is 0.844. The van der Waals surface area contributed by atoms with Crippen LogP contribution in [0.15, 0.2) is 18.2 Å². The molecule has 114 valence electrons. The first-order valence-corrected chi connectivity index (χ1v) is 8.06. The van der Waals surface area contributed by atoms with Gasteiger partial charge in [-0.2, -0.15) is 0 Å². The summed E-state index contributed by atoms with van der Waals surface area (Å²) in [6, 6.07) is 2.82. The summed E-state index contributed by atoms with van der Waals surface area (Å²) in [6.45, 7) is 5.37. The topological polar surface area (TPSA) is 58.2 Å². The van der Waals surface area contributed by atoms with Gasteiger partial charge < -0.3 is 5.32 Å². The van der Waals surface area contributed by atoms with Crippen LogP contribution < -0.4 is 10.0 Å². The van der Waals surface area contributed by atoms with Crippen molar-refractivity contribution in [2.75, 3.05) is 12.8 Å². The Labute approximate surface area is 118 Å². The highest BCUT2D eigenvalue weighted by Crippen LogP contribution is 2.18. The number of hydrogen-bond acceptors (Lipinski definition) is 3. The third kappa shape index (κ3) is 5.52. The molecule has 0 aliphatic carbocycles. The van der Waals surface area contributed by atoms with Gasteiger partial charge in [0.15, 0.2) is 0 Å². The molecule has 1 unspecified atom stereocenters. The minimum atomic E-state index is -3.33. The van der Waals surface area contributed by atoms with Crippen molar-refractivity contribution < 1.29 is 17.2 Å². The van der Waals surface area contributed by atoms with Crippen molar-refractivity contribution in [3.8, 4) is 0 Å². The van der Waals surface area contributed by atoms with E-state index in [9.17, 15) is 17.2 Å². The highest BCUT2D eigenvalue weighted by Gasteiger charge is 2.23. The van der Waals surface area contributed by atoms with E-state index < -0.39 is 33.2 Å². The van der Waals surface area contributed by atoms with Crippen LogP contribution in [-0.4, -0.2) is 26.8 Å². The summed E-state index contributed by atoms with van der Waals surface area (Å²) in [5.74, 6) is -1.01. The highest BCUT2D eigenvalue weighted by atomic mass is 32.2. The predicted molar refractivity (Wildman–Crippen MR) is 74.8 cm³/mol. The SMILES string of the molecule is CC(NCC(C)(C)NS(C)(=O)=O)c1cc(F)ccc1F. The molecule has 0 aliphatic rings. The van der Waals surface area contributed by atoms with E-state index in [1.165, 1.54) is 0 Å². The average molecular weight is 306 g/mol. The second kappa shape index (κ2) is 6.15. The lowest BCUT2D eigenvalue weighted by molar-refractivity contribution is 0.394. The van der Waals surface area contributed by atoms with Gasteiger partial charge in [-0.05, 0) is 39.0 Å². The maximum Gasteiger partial charge on any atom is 0.209 e. The van der Waals surface area contributed by atoms with Crippen molar-refractivity contribution in [3.63, 3.8) is 0 Å². The lowest BCUT2D eigenvalue weighted by Crippen LogP contribution is -2.50. The molecule has 0 aromatic heterocycles. The number of benzene rings is 1. The molecule has 0 heterocycles. The number of sulfonamides is 1. The zero-order valence-corrected chi connectivity index (χ0v) is 12.8. The lowest BCUT2D eigenvalue weighted by atomic mass is 10.0. The second-order valence-electron chi connectivity index (χ2n) is 5.53. The van der Waals surface area contributed by atoms with Gasteiger partial charge in [0.05, 0.1) is 6.26 Å². The van der Waals surface area contributed by atoms with Crippen LogP contribution in [0.4, 0.5) is 8.78 Å². The fourth-order valence-corrected chi connectivity index (χ4v) is 2.98. The van der Waals surface area contributed by atoms with Crippen LogP contribution in [0, 0.1) is 11.6 Å². The first-order chi connectivity index (χ1) is 9.00. The monoisotopic (exact) mass is 306 g/mol. The molecule has 0 radical (unpaired) electrons. The largest absolute Gasteiger partial charge is 0.308 e. The lowest BCUT2D eigenvalue weighted by Gasteiger charge is -2.27. The molecule has 1 rings (SSSR count). The number of rotatable bonds is 6. The van der Waals surface area contributed by atoms with Gasteiger partial charge in [-0.15, -0.1) is 0 Å². The number of hydrogen-bond donors (Lipinski definition) is 2. The van der Waals surface area contributed by atoms with E-state index in [0.29, 0.717) is 0 Å². The molecule has 20 heavy (non-hydrogen) atoms. The molecule has 0 aliphatic heterocycles. The molecule has 0 spiro atoms. The highest BCUT2D eigenvalue weighted by molar-refractivity contribution is 7.88. The van der Waals surface area contributed by atoms with Crippen molar-refractivity contribution in [1.29, 1.82) is 0 Å².